The highest BCUT2D eigenvalue weighted by atomic mass is 32.2. The summed E-state index contributed by atoms with van der Waals surface area (Å²) in [5.74, 6) is -0.443. The Morgan fingerprint density at radius 2 is 2.20 bits per heavy atom. The molecular weight excluding hydrogens is 284 g/mol. The number of hydrogen-bond acceptors (Lipinski definition) is 5. The molecule has 20 heavy (non-hydrogen) atoms. The number of carbonyl (C=O) groups is 1. The molecule has 4 N–H and O–H groups in total. The van der Waals surface area contributed by atoms with Gasteiger partial charge < -0.3 is 15.8 Å². The summed E-state index contributed by atoms with van der Waals surface area (Å²) in [6, 6.07) is 0. The molecule has 0 saturated carbocycles. The first-order valence-corrected chi connectivity index (χ1v) is 8.16. The fourth-order valence-electron chi connectivity index (χ4n) is 2.08. The van der Waals surface area contributed by atoms with Gasteiger partial charge in [-0.05, 0) is 12.8 Å². The van der Waals surface area contributed by atoms with Gasteiger partial charge in [0.25, 0.3) is 10.2 Å². The minimum atomic E-state index is -3.54. The minimum absolute atomic E-state index is 0.132. The molecular formula is C11H24N4O4S. The van der Waals surface area contributed by atoms with Crippen LogP contribution in [0, 0.1) is 5.92 Å². The molecule has 0 bridgehead atoms. The van der Waals surface area contributed by atoms with Crippen LogP contribution in [0.1, 0.15) is 12.8 Å². The smallest absolute Gasteiger partial charge is 0.279 e. The van der Waals surface area contributed by atoms with Crippen LogP contribution in [0.15, 0.2) is 0 Å². The van der Waals surface area contributed by atoms with Crippen LogP contribution in [-0.2, 0) is 19.7 Å². The maximum absolute atomic E-state index is 12.1. The Morgan fingerprint density at radius 1 is 1.45 bits per heavy atom. The number of carbonyl (C=O) groups excluding carboxylic acids is 1. The average molecular weight is 308 g/mol. The topological polar surface area (TPSA) is 114 Å². The fourth-order valence-corrected chi connectivity index (χ4v) is 3.35. The van der Waals surface area contributed by atoms with Gasteiger partial charge in [-0.2, -0.15) is 17.4 Å². The maximum Gasteiger partial charge on any atom is 0.279 e. The molecule has 0 spiro atoms. The van der Waals surface area contributed by atoms with E-state index in [2.05, 4.69) is 10.0 Å². The Morgan fingerprint density at radius 3 is 2.85 bits per heavy atom. The third-order valence-electron chi connectivity index (χ3n) is 3.13. The molecule has 1 fully saturated rings. The number of methoxy groups -OCH3 is 1. The van der Waals surface area contributed by atoms with Crippen molar-refractivity contribution < 1.29 is 17.9 Å². The van der Waals surface area contributed by atoms with Crippen LogP contribution in [0.25, 0.3) is 0 Å². The summed E-state index contributed by atoms with van der Waals surface area (Å²) in [6.45, 7) is 1.96. The lowest BCUT2D eigenvalue weighted by Crippen LogP contribution is -2.50. The highest BCUT2D eigenvalue weighted by Crippen LogP contribution is 2.18. The molecule has 1 heterocycles. The molecule has 0 aromatic rings. The van der Waals surface area contributed by atoms with E-state index in [1.807, 2.05) is 0 Å². The summed E-state index contributed by atoms with van der Waals surface area (Å²) >= 11 is 0. The summed E-state index contributed by atoms with van der Waals surface area (Å²) in [7, 11) is -2.04. The first-order valence-electron chi connectivity index (χ1n) is 6.72. The van der Waals surface area contributed by atoms with Crippen molar-refractivity contribution in [3.63, 3.8) is 0 Å². The van der Waals surface area contributed by atoms with Crippen molar-refractivity contribution in [2.45, 2.75) is 12.8 Å². The summed E-state index contributed by atoms with van der Waals surface area (Å²) < 4.78 is 32.7. The molecule has 0 aromatic carbocycles. The third-order valence-corrected chi connectivity index (χ3v) is 4.71. The van der Waals surface area contributed by atoms with Crippen molar-refractivity contribution in [3.05, 3.63) is 0 Å². The van der Waals surface area contributed by atoms with E-state index in [4.69, 9.17) is 10.5 Å². The predicted octanol–water partition coefficient (Wildman–Crippen LogP) is -1.75. The van der Waals surface area contributed by atoms with Gasteiger partial charge in [-0.25, -0.2) is 0 Å². The summed E-state index contributed by atoms with van der Waals surface area (Å²) in [4.78, 5) is 11.9. The van der Waals surface area contributed by atoms with Gasteiger partial charge in [0.2, 0.25) is 5.91 Å². The predicted molar refractivity (Wildman–Crippen MR) is 75.2 cm³/mol. The van der Waals surface area contributed by atoms with Crippen LogP contribution in [-0.4, -0.2) is 65.1 Å². The van der Waals surface area contributed by atoms with Gasteiger partial charge in [0.1, 0.15) is 0 Å². The Kier molecular flexibility index (Phi) is 7.38. The molecule has 0 aliphatic carbocycles. The van der Waals surface area contributed by atoms with Crippen LogP contribution in [0.3, 0.4) is 0 Å². The lowest BCUT2D eigenvalue weighted by atomic mass is 9.99. The van der Waals surface area contributed by atoms with Gasteiger partial charge >= 0.3 is 0 Å². The van der Waals surface area contributed by atoms with E-state index in [1.54, 1.807) is 0 Å². The van der Waals surface area contributed by atoms with E-state index in [9.17, 15) is 13.2 Å². The number of ether oxygens (including phenoxy) is 1. The average Bonchev–Trinajstić information content (AvgIpc) is 2.45. The molecule has 118 valence electrons. The number of nitrogens with zero attached hydrogens (tertiary/aromatic N) is 1. The number of nitrogens with one attached hydrogen (secondary N) is 2. The molecule has 1 aliphatic heterocycles. The molecule has 8 nitrogen and oxygen atoms in total. The Balaban J connectivity index is 2.53. The lowest BCUT2D eigenvalue weighted by molar-refractivity contribution is -0.126. The monoisotopic (exact) mass is 308 g/mol. The Hall–Kier alpha value is -0.740. The van der Waals surface area contributed by atoms with Crippen LogP contribution in [0.4, 0.5) is 0 Å². The van der Waals surface area contributed by atoms with E-state index in [-0.39, 0.29) is 24.9 Å². The van der Waals surface area contributed by atoms with E-state index in [0.29, 0.717) is 39.1 Å². The number of amides is 1. The molecule has 0 radical (unpaired) electrons. The molecule has 1 unspecified atom stereocenters. The summed E-state index contributed by atoms with van der Waals surface area (Å²) in [5.41, 5.74) is 5.33. The molecule has 0 aromatic heterocycles. The van der Waals surface area contributed by atoms with Crippen molar-refractivity contribution in [3.8, 4) is 0 Å². The fraction of sp³-hybridized carbons (Fsp3) is 0.909. The number of piperidine rings is 1. The van der Waals surface area contributed by atoms with Gasteiger partial charge in [0.15, 0.2) is 0 Å². The lowest BCUT2D eigenvalue weighted by Gasteiger charge is -2.31. The van der Waals surface area contributed by atoms with Crippen molar-refractivity contribution in [2.75, 3.05) is 46.4 Å². The highest BCUT2D eigenvalue weighted by Gasteiger charge is 2.31. The number of rotatable bonds is 8. The van der Waals surface area contributed by atoms with Crippen LogP contribution in [0.2, 0.25) is 0 Å². The third kappa shape index (κ3) is 5.33. The molecule has 1 atom stereocenters. The molecule has 1 aliphatic rings. The first-order chi connectivity index (χ1) is 9.51. The van der Waals surface area contributed by atoms with Crippen LogP contribution >= 0.6 is 0 Å². The summed E-state index contributed by atoms with van der Waals surface area (Å²) in [6.07, 6.45) is 1.37. The van der Waals surface area contributed by atoms with Crippen LogP contribution in [0.5, 0.6) is 0 Å². The quantitative estimate of drug-likeness (QED) is 0.460. The first kappa shape index (κ1) is 17.3. The van der Waals surface area contributed by atoms with Crippen molar-refractivity contribution in [2.24, 2.45) is 11.7 Å². The standard InChI is InChI=1S/C11H24N4O4S/c1-19-8-6-14-20(17,18)15-7-2-3-10(9-15)11(16)13-5-4-12/h10,14H,2-9,12H2,1H3,(H,13,16). The van der Waals surface area contributed by atoms with E-state index >= 15 is 0 Å². The zero-order chi connectivity index (χ0) is 15.0. The van der Waals surface area contributed by atoms with E-state index in [0.717, 1.165) is 0 Å². The Labute approximate surface area is 120 Å². The van der Waals surface area contributed by atoms with Gasteiger partial charge in [-0.3, -0.25) is 4.79 Å². The van der Waals surface area contributed by atoms with Crippen molar-refractivity contribution in [1.29, 1.82) is 0 Å². The SMILES string of the molecule is COCCNS(=O)(=O)N1CCCC(C(=O)NCCN)C1. The molecule has 1 rings (SSSR count). The number of hydrogen-bond donors (Lipinski definition) is 3. The second-order valence-corrected chi connectivity index (χ2v) is 6.42. The van der Waals surface area contributed by atoms with E-state index in [1.165, 1.54) is 11.4 Å². The van der Waals surface area contributed by atoms with Gasteiger partial charge in [0.05, 0.1) is 12.5 Å². The maximum atomic E-state index is 12.1. The molecule has 1 amide bonds. The normalized spacial score (nSPS) is 20.8. The van der Waals surface area contributed by atoms with Gasteiger partial charge in [-0.1, -0.05) is 0 Å². The van der Waals surface area contributed by atoms with Gasteiger partial charge in [0, 0.05) is 39.8 Å². The zero-order valence-electron chi connectivity index (χ0n) is 11.8. The van der Waals surface area contributed by atoms with Gasteiger partial charge in [-0.15, -0.1) is 0 Å². The second kappa shape index (κ2) is 8.53. The molecule has 9 heteroatoms. The highest BCUT2D eigenvalue weighted by molar-refractivity contribution is 7.87. The summed E-state index contributed by atoms with van der Waals surface area (Å²) in [5, 5.41) is 2.70. The van der Waals surface area contributed by atoms with Crippen molar-refractivity contribution in [1.82, 2.24) is 14.3 Å². The minimum Gasteiger partial charge on any atom is -0.383 e. The Bertz CT molecular complexity index is 401. The molecule has 1 saturated heterocycles. The number of nitrogens with two attached hydrogens (primary N) is 1. The largest absolute Gasteiger partial charge is 0.383 e. The second-order valence-electron chi connectivity index (χ2n) is 4.67. The zero-order valence-corrected chi connectivity index (χ0v) is 12.6. The van der Waals surface area contributed by atoms with E-state index < -0.39 is 10.2 Å². The van der Waals surface area contributed by atoms with Crippen LogP contribution < -0.4 is 15.8 Å². The van der Waals surface area contributed by atoms with Crippen molar-refractivity contribution >= 4 is 16.1 Å².